The number of urea groups is 1. The number of hydrogen-bond acceptors (Lipinski definition) is 3. The standard InChI is InChI=1S/C16H18FN3O3S/c1-18-24(22,23)15-8-4-13(5-9-15)11-20-16(21)19-10-12-2-6-14(17)7-3-12/h2-9,18H,10-11H2,1H3,(H2,19,20,21). The van der Waals surface area contributed by atoms with Crippen LogP contribution in [-0.4, -0.2) is 21.5 Å². The van der Waals surface area contributed by atoms with Crippen molar-refractivity contribution in [2.24, 2.45) is 0 Å². The van der Waals surface area contributed by atoms with Gasteiger partial charge in [0, 0.05) is 13.1 Å². The summed E-state index contributed by atoms with van der Waals surface area (Å²) >= 11 is 0. The molecule has 0 aliphatic carbocycles. The van der Waals surface area contributed by atoms with Gasteiger partial charge in [-0.2, -0.15) is 0 Å². The maximum absolute atomic E-state index is 12.8. The van der Waals surface area contributed by atoms with E-state index in [-0.39, 0.29) is 29.8 Å². The lowest BCUT2D eigenvalue weighted by Gasteiger charge is -2.08. The monoisotopic (exact) mass is 351 g/mol. The van der Waals surface area contributed by atoms with Crippen molar-refractivity contribution in [3.63, 3.8) is 0 Å². The molecule has 6 nitrogen and oxygen atoms in total. The number of carbonyl (C=O) groups excluding carboxylic acids is 1. The molecule has 0 aliphatic rings. The first-order valence-corrected chi connectivity index (χ1v) is 8.67. The summed E-state index contributed by atoms with van der Waals surface area (Å²) in [6.07, 6.45) is 0. The van der Waals surface area contributed by atoms with Crippen molar-refractivity contribution in [2.75, 3.05) is 7.05 Å². The Morgan fingerprint density at radius 1 is 0.917 bits per heavy atom. The van der Waals surface area contributed by atoms with Crippen LogP contribution in [-0.2, 0) is 23.1 Å². The summed E-state index contributed by atoms with van der Waals surface area (Å²) in [6.45, 7) is 0.542. The molecular weight excluding hydrogens is 333 g/mol. The van der Waals surface area contributed by atoms with E-state index in [4.69, 9.17) is 0 Å². The smallest absolute Gasteiger partial charge is 0.315 e. The Morgan fingerprint density at radius 3 is 1.83 bits per heavy atom. The molecule has 0 spiro atoms. The average Bonchev–Trinajstić information content (AvgIpc) is 2.60. The highest BCUT2D eigenvalue weighted by atomic mass is 32.2. The molecule has 8 heteroatoms. The van der Waals surface area contributed by atoms with Gasteiger partial charge in [0.1, 0.15) is 5.82 Å². The molecule has 0 fully saturated rings. The minimum absolute atomic E-state index is 0.162. The van der Waals surface area contributed by atoms with E-state index in [2.05, 4.69) is 15.4 Å². The van der Waals surface area contributed by atoms with Crippen molar-refractivity contribution in [3.8, 4) is 0 Å². The largest absolute Gasteiger partial charge is 0.334 e. The molecule has 0 aromatic heterocycles. The van der Waals surface area contributed by atoms with Crippen LogP contribution in [0.4, 0.5) is 9.18 Å². The topological polar surface area (TPSA) is 87.3 Å². The second-order valence-electron chi connectivity index (χ2n) is 5.01. The zero-order valence-corrected chi connectivity index (χ0v) is 13.9. The third-order valence-corrected chi connectivity index (χ3v) is 4.75. The summed E-state index contributed by atoms with van der Waals surface area (Å²) in [6, 6.07) is 11.7. The average molecular weight is 351 g/mol. The molecule has 0 unspecified atom stereocenters. The molecule has 2 rings (SSSR count). The van der Waals surface area contributed by atoms with Crippen LogP contribution in [0.25, 0.3) is 0 Å². The predicted molar refractivity (Wildman–Crippen MR) is 88.2 cm³/mol. The van der Waals surface area contributed by atoms with Crippen LogP contribution in [0.15, 0.2) is 53.4 Å². The molecule has 0 saturated carbocycles. The number of nitrogens with one attached hydrogen (secondary N) is 3. The fourth-order valence-electron chi connectivity index (χ4n) is 1.93. The van der Waals surface area contributed by atoms with E-state index < -0.39 is 10.0 Å². The Balaban J connectivity index is 1.82. The maximum atomic E-state index is 12.8. The van der Waals surface area contributed by atoms with Gasteiger partial charge in [-0.15, -0.1) is 0 Å². The van der Waals surface area contributed by atoms with Gasteiger partial charge in [-0.1, -0.05) is 24.3 Å². The number of halogens is 1. The number of sulfonamides is 1. The molecule has 0 bridgehead atoms. The number of rotatable bonds is 6. The normalized spacial score (nSPS) is 11.1. The van der Waals surface area contributed by atoms with Gasteiger partial charge in [-0.05, 0) is 42.4 Å². The van der Waals surface area contributed by atoms with Crippen LogP contribution in [0.3, 0.4) is 0 Å². The summed E-state index contributed by atoms with van der Waals surface area (Å²) < 4.78 is 38.2. The Morgan fingerprint density at radius 2 is 1.38 bits per heavy atom. The molecule has 0 aliphatic heterocycles. The van der Waals surface area contributed by atoms with Gasteiger partial charge in [-0.3, -0.25) is 0 Å². The van der Waals surface area contributed by atoms with Crippen molar-refractivity contribution in [1.82, 2.24) is 15.4 Å². The Hall–Kier alpha value is -2.45. The minimum Gasteiger partial charge on any atom is -0.334 e. The van der Waals surface area contributed by atoms with Gasteiger partial charge in [-0.25, -0.2) is 22.3 Å². The van der Waals surface area contributed by atoms with Gasteiger partial charge in [0.15, 0.2) is 0 Å². The fraction of sp³-hybridized carbons (Fsp3) is 0.188. The number of benzene rings is 2. The lowest BCUT2D eigenvalue weighted by Crippen LogP contribution is -2.34. The van der Waals surface area contributed by atoms with Gasteiger partial charge in [0.25, 0.3) is 0 Å². The summed E-state index contributed by atoms with van der Waals surface area (Å²) in [5.74, 6) is -0.327. The number of amides is 2. The summed E-state index contributed by atoms with van der Waals surface area (Å²) in [7, 11) is -2.12. The molecule has 3 N–H and O–H groups in total. The molecule has 2 aromatic carbocycles. The summed E-state index contributed by atoms with van der Waals surface area (Å²) in [5, 5.41) is 5.32. The second-order valence-corrected chi connectivity index (χ2v) is 6.90. The molecule has 0 saturated heterocycles. The quantitative estimate of drug-likeness (QED) is 0.741. The van der Waals surface area contributed by atoms with Gasteiger partial charge < -0.3 is 10.6 Å². The van der Waals surface area contributed by atoms with E-state index in [9.17, 15) is 17.6 Å². The third kappa shape index (κ3) is 5.04. The van der Waals surface area contributed by atoms with Gasteiger partial charge in [0.05, 0.1) is 4.90 Å². The maximum Gasteiger partial charge on any atom is 0.315 e. The van der Waals surface area contributed by atoms with E-state index in [1.807, 2.05) is 0 Å². The highest BCUT2D eigenvalue weighted by Gasteiger charge is 2.10. The fourth-order valence-corrected chi connectivity index (χ4v) is 2.66. The van der Waals surface area contributed by atoms with E-state index in [0.717, 1.165) is 11.1 Å². The zero-order chi connectivity index (χ0) is 17.6. The van der Waals surface area contributed by atoms with Crippen LogP contribution in [0, 0.1) is 5.82 Å². The third-order valence-electron chi connectivity index (χ3n) is 3.32. The SMILES string of the molecule is CNS(=O)(=O)c1ccc(CNC(=O)NCc2ccc(F)cc2)cc1. The van der Waals surface area contributed by atoms with Crippen LogP contribution in [0.1, 0.15) is 11.1 Å². The van der Waals surface area contributed by atoms with Crippen molar-refractivity contribution in [1.29, 1.82) is 0 Å². The summed E-state index contributed by atoms with van der Waals surface area (Å²) in [5.41, 5.74) is 1.55. The summed E-state index contributed by atoms with van der Waals surface area (Å²) in [4.78, 5) is 11.9. The minimum atomic E-state index is -3.46. The Kier molecular flexibility index (Phi) is 5.88. The molecular formula is C16H18FN3O3S. The number of hydrogen-bond donors (Lipinski definition) is 3. The predicted octanol–water partition coefficient (Wildman–Crippen LogP) is 1.73. The first kappa shape index (κ1) is 17.9. The highest BCUT2D eigenvalue weighted by Crippen LogP contribution is 2.10. The van der Waals surface area contributed by atoms with E-state index in [1.54, 1.807) is 24.3 Å². The Bertz CT molecular complexity index is 790. The molecule has 2 amide bonds. The van der Waals surface area contributed by atoms with Crippen LogP contribution in [0.2, 0.25) is 0 Å². The van der Waals surface area contributed by atoms with Gasteiger partial charge in [0.2, 0.25) is 10.0 Å². The molecule has 2 aromatic rings. The Labute approximate surface area is 140 Å². The van der Waals surface area contributed by atoms with Crippen molar-refractivity contribution >= 4 is 16.1 Å². The van der Waals surface area contributed by atoms with Crippen LogP contribution in [0.5, 0.6) is 0 Å². The van der Waals surface area contributed by atoms with E-state index in [0.29, 0.717) is 0 Å². The molecule has 0 atom stereocenters. The van der Waals surface area contributed by atoms with Crippen LogP contribution < -0.4 is 15.4 Å². The lowest BCUT2D eigenvalue weighted by atomic mass is 10.2. The molecule has 24 heavy (non-hydrogen) atoms. The highest BCUT2D eigenvalue weighted by molar-refractivity contribution is 7.89. The van der Waals surface area contributed by atoms with Crippen molar-refractivity contribution < 1.29 is 17.6 Å². The van der Waals surface area contributed by atoms with Gasteiger partial charge >= 0.3 is 6.03 Å². The zero-order valence-electron chi connectivity index (χ0n) is 13.0. The molecule has 128 valence electrons. The van der Waals surface area contributed by atoms with Crippen molar-refractivity contribution in [2.45, 2.75) is 18.0 Å². The first-order valence-electron chi connectivity index (χ1n) is 7.19. The van der Waals surface area contributed by atoms with Crippen molar-refractivity contribution in [3.05, 3.63) is 65.5 Å². The molecule has 0 heterocycles. The first-order chi connectivity index (χ1) is 11.4. The second kappa shape index (κ2) is 7.89. The molecule has 0 radical (unpaired) electrons. The van der Waals surface area contributed by atoms with E-state index in [1.165, 1.54) is 31.3 Å². The van der Waals surface area contributed by atoms with Crippen LogP contribution >= 0.6 is 0 Å². The number of carbonyl (C=O) groups is 1. The lowest BCUT2D eigenvalue weighted by molar-refractivity contribution is 0.240. The van der Waals surface area contributed by atoms with E-state index >= 15 is 0 Å².